The van der Waals surface area contributed by atoms with Crippen LogP contribution in [0.3, 0.4) is 0 Å². The maximum Gasteiger partial charge on any atom is 0.238 e. The van der Waals surface area contributed by atoms with Gasteiger partial charge in [0.25, 0.3) is 0 Å². The molecule has 138 valence electrons. The first-order valence-electron chi connectivity index (χ1n) is 9.05. The number of rotatable bonds is 5. The van der Waals surface area contributed by atoms with Crippen LogP contribution in [0.4, 0.5) is 11.4 Å². The standard InChI is InChI=1S/C21H27N3O2/c1-16-7-9-19(10-8-16)24-12-11-23(14-17(24)2)15-21(25)22-18-5-4-6-20(13-18)26-3/h4-10,13,17H,11-12,14-15H2,1-3H3,(H,22,25)/t17-/m0/s1. The van der Waals surface area contributed by atoms with Crippen LogP contribution in [0.25, 0.3) is 0 Å². The van der Waals surface area contributed by atoms with E-state index in [1.54, 1.807) is 7.11 Å². The predicted octanol–water partition coefficient (Wildman–Crippen LogP) is 3.15. The molecular formula is C21H27N3O2. The highest BCUT2D eigenvalue weighted by molar-refractivity contribution is 5.92. The molecule has 1 aliphatic rings. The van der Waals surface area contributed by atoms with Gasteiger partial charge in [-0.2, -0.15) is 0 Å². The summed E-state index contributed by atoms with van der Waals surface area (Å²) in [4.78, 5) is 17.0. The molecule has 1 amide bonds. The van der Waals surface area contributed by atoms with Crippen molar-refractivity contribution < 1.29 is 9.53 Å². The molecule has 0 aromatic heterocycles. The third kappa shape index (κ3) is 4.55. The van der Waals surface area contributed by atoms with Crippen molar-refractivity contribution in [3.8, 4) is 5.75 Å². The Bertz CT molecular complexity index is 745. The third-order valence-electron chi connectivity index (χ3n) is 4.80. The topological polar surface area (TPSA) is 44.8 Å². The van der Waals surface area contributed by atoms with Crippen molar-refractivity contribution in [1.29, 1.82) is 0 Å². The second-order valence-electron chi connectivity index (χ2n) is 6.89. The number of methoxy groups -OCH3 is 1. The first-order valence-corrected chi connectivity index (χ1v) is 9.05. The van der Waals surface area contributed by atoms with Gasteiger partial charge < -0.3 is 15.0 Å². The molecule has 0 spiro atoms. The highest BCUT2D eigenvalue weighted by Crippen LogP contribution is 2.21. The number of anilines is 2. The van der Waals surface area contributed by atoms with Crippen LogP contribution in [-0.4, -0.2) is 50.1 Å². The summed E-state index contributed by atoms with van der Waals surface area (Å²) in [6.45, 7) is 7.40. The number of hydrogen-bond donors (Lipinski definition) is 1. The fraction of sp³-hybridized carbons (Fsp3) is 0.381. The van der Waals surface area contributed by atoms with Crippen molar-refractivity contribution in [2.45, 2.75) is 19.9 Å². The van der Waals surface area contributed by atoms with Gasteiger partial charge in [0.2, 0.25) is 5.91 Å². The fourth-order valence-corrected chi connectivity index (χ4v) is 3.40. The monoisotopic (exact) mass is 353 g/mol. The Morgan fingerprint density at radius 1 is 1.19 bits per heavy atom. The molecule has 5 heteroatoms. The summed E-state index contributed by atoms with van der Waals surface area (Å²) in [5, 5.41) is 2.95. The molecule has 0 bridgehead atoms. The van der Waals surface area contributed by atoms with Gasteiger partial charge in [0, 0.05) is 43.1 Å². The van der Waals surface area contributed by atoms with E-state index < -0.39 is 0 Å². The minimum Gasteiger partial charge on any atom is -0.497 e. The Balaban J connectivity index is 1.53. The zero-order valence-corrected chi connectivity index (χ0v) is 15.7. The minimum absolute atomic E-state index is 0.00855. The third-order valence-corrected chi connectivity index (χ3v) is 4.80. The number of nitrogens with one attached hydrogen (secondary N) is 1. The second-order valence-corrected chi connectivity index (χ2v) is 6.89. The van der Waals surface area contributed by atoms with Gasteiger partial charge in [0.15, 0.2) is 0 Å². The number of nitrogens with zero attached hydrogens (tertiary/aromatic N) is 2. The largest absolute Gasteiger partial charge is 0.497 e. The van der Waals surface area contributed by atoms with Gasteiger partial charge in [0.05, 0.1) is 13.7 Å². The normalized spacial score (nSPS) is 17.8. The van der Waals surface area contributed by atoms with Crippen LogP contribution < -0.4 is 15.0 Å². The van der Waals surface area contributed by atoms with Gasteiger partial charge >= 0.3 is 0 Å². The van der Waals surface area contributed by atoms with Crippen molar-refractivity contribution in [3.05, 3.63) is 54.1 Å². The molecule has 1 aliphatic heterocycles. The van der Waals surface area contributed by atoms with Gasteiger partial charge in [-0.15, -0.1) is 0 Å². The highest BCUT2D eigenvalue weighted by Gasteiger charge is 2.25. The molecule has 1 saturated heterocycles. The van der Waals surface area contributed by atoms with Crippen molar-refractivity contribution in [2.75, 3.05) is 43.5 Å². The van der Waals surface area contributed by atoms with Gasteiger partial charge in [-0.05, 0) is 38.1 Å². The summed E-state index contributed by atoms with van der Waals surface area (Å²) in [6.07, 6.45) is 0. The summed E-state index contributed by atoms with van der Waals surface area (Å²) < 4.78 is 5.19. The molecule has 0 saturated carbocycles. The maximum atomic E-state index is 12.4. The maximum absolute atomic E-state index is 12.4. The molecule has 0 unspecified atom stereocenters. The Morgan fingerprint density at radius 3 is 2.65 bits per heavy atom. The van der Waals surface area contributed by atoms with Crippen LogP contribution in [-0.2, 0) is 4.79 Å². The number of benzene rings is 2. The van der Waals surface area contributed by atoms with E-state index in [0.29, 0.717) is 12.6 Å². The van der Waals surface area contributed by atoms with E-state index in [-0.39, 0.29) is 5.91 Å². The molecule has 2 aromatic carbocycles. The van der Waals surface area contributed by atoms with Crippen LogP contribution >= 0.6 is 0 Å². The lowest BCUT2D eigenvalue weighted by Crippen LogP contribution is -2.53. The Labute approximate surface area is 155 Å². The average Bonchev–Trinajstić information content (AvgIpc) is 2.63. The highest BCUT2D eigenvalue weighted by atomic mass is 16.5. The SMILES string of the molecule is COc1cccc(NC(=O)CN2CCN(c3ccc(C)cc3)[C@@H](C)C2)c1. The molecule has 1 heterocycles. The minimum atomic E-state index is 0.00855. The summed E-state index contributed by atoms with van der Waals surface area (Å²) in [6, 6.07) is 16.5. The lowest BCUT2D eigenvalue weighted by atomic mass is 10.1. The molecule has 0 radical (unpaired) electrons. The van der Waals surface area contributed by atoms with Crippen LogP contribution in [0.5, 0.6) is 5.75 Å². The number of ether oxygens (including phenoxy) is 1. The summed E-state index contributed by atoms with van der Waals surface area (Å²) in [5.41, 5.74) is 3.29. The van der Waals surface area contributed by atoms with E-state index >= 15 is 0 Å². The van der Waals surface area contributed by atoms with Gasteiger partial charge in [-0.3, -0.25) is 9.69 Å². The van der Waals surface area contributed by atoms with Crippen molar-refractivity contribution in [2.24, 2.45) is 0 Å². The van der Waals surface area contributed by atoms with E-state index in [1.165, 1.54) is 11.3 Å². The molecule has 2 aromatic rings. The number of aryl methyl sites for hydroxylation is 1. The van der Waals surface area contributed by atoms with E-state index in [2.05, 4.69) is 53.2 Å². The molecule has 1 atom stereocenters. The van der Waals surface area contributed by atoms with Gasteiger partial charge in [-0.25, -0.2) is 0 Å². The molecular weight excluding hydrogens is 326 g/mol. The molecule has 1 N–H and O–H groups in total. The van der Waals surface area contributed by atoms with Gasteiger partial charge in [-0.1, -0.05) is 23.8 Å². The smallest absolute Gasteiger partial charge is 0.238 e. The summed E-state index contributed by atoms with van der Waals surface area (Å²) in [7, 11) is 1.62. The molecule has 26 heavy (non-hydrogen) atoms. The number of piperazine rings is 1. The van der Waals surface area contributed by atoms with Crippen LogP contribution in [0, 0.1) is 6.92 Å². The number of carbonyl (C=O) groups excluding carboxylic acids is 1. The molecule has 3 rings (SSSR count). The lowest BCUT2D eigenvalue weighted by molar-refractivity contribution is -0.117. The molecule has 5 nitrogen and oxygen atoms in total. The van der Waals surface area contributed by atoms with Crippen molar-refractivity contribution in [3.63, 3.8) is 0 Å². The first-order chi connectivity index (χ1) is 12.5. The lowest BCUT2D eigenvalue weighted by Gasteiger charge is -2.41. The number of carbonyl (C=O) groups is 1. The predicted molar refractivity (Wildman–Crippen MR) is 106 cm³/mol. The van der Waals surface area contributed by atoms with Crippen LogP contribution in [0.2, 0.25) is 0 Å². The van der Waals surface area contributed by atoms with Gasteiger partial charge in [0.1, 0.15) is 5.75 Å². The average molecular weight is 353 g/mol. The van der Waals surface area contributed by atoms with E-state index in [1.807, 2.05) is 24.3 Å². The van der Waals surface area contributed by atoms with Crippen molar-refractivity contribution in [1.82, 2.24) is 4.90 Å². The van der Waals surface area contributed by atoms with Crippen molar-refractivity contribution >= 4 is 17.3 Å². The van der Waals surface area contributed by atoms with E-state index in [9.17, 15) is 4.79 Å². The van der Waals surface area contributed by atoms with Crippen LogP contribution in [0.1, 0.15) is 12.5 Å². The molecule has 0 aliphatic carbocycles. The number of amides is 1. The first kappa shape index (κ1) is 18.3. The summed E-state index contributed by atoms with van der Waals surface area (Å²) in [5.74, 6) is 0.748. The second kappa shape index (κ2) is 8.23. The zero-order chi connectivity index (χ0) is 18.5. The Morgan fingerprint density at radius 2 is 1.96 bits per heavy atom. The Hall–Kier alpha value is -2.53. The fourth-order valence-electron chi connectivity index (χ4n) is 3.40. The van der Waals surface area contributed by atoms with Crippen LogP contribution in [0.15, 0.2) is 48.5 Å². The Kier molecular flexibility index (Phi) is 5.78. The van der Waals surface area contributed by atoms with E-state index in [4.69, 9.17) is 4.74 Å². The van der Waals surface area contributed by atoms with E-state index in [0.717, 1.165) is 31.1 Å². The zero-order valence-electron chi connectivity index (χ0n) is 15.7. The quantitative estimate of drug-likeness (QED) is 0.897. The summed E-state index contributed by atoms with van der Waals surface area (Å²) >= 11 is 0. The number of hydrogen-bond acceptors (Lipinski definition) is 4. The molecule has 1 fully saturated rings.